The van der Waals surface area contributed by atoms with Crippen molar-refractivity contribution in [1.29, 1.82) is 0 Å². The Morgan fingerprint density at radius 1 is 0.377 bits per heavy atom. The zero-order chi connectivity index (χ0) is 55.9. The first-order valence-electron chi connectivity index (χ1n) is 28.4. The lowest BCUT2D eigenvalue weighted by atomic mass is 9.99. The van der Waals surface area contributed by atoms with E-state index in [2.05, 4.69) is 47.0 Å². The number of rotatable bonds is 7. The first kappa shape index (κ1) is 21.2. The van der Waals surface area contributed by atoms with E-state index in [9.17, 15) is 5.48 Å². The fourth-order valence-electron chi connectivity index (χ4n) is 8.11. The first-order chi connectivity index (χ1) is 37.7. The average molecular weight is 797 g/mol. The van der Waals surface area contributed by atoms with Crippen LogP contribution in [0, 0.1) is 0 Å². The fraction of sp³-hybridized carbons (Fsp3) is 0. The number of aromatic nitrogens is 1. The summed E-state index contributed by atoms with van der Waals surface area (Å²) in [6.45, 7) is 0. The average Bonchev–Trinajstić information content (AvgIpc) is 4.12. The number of hydrogen-bond donors (Lipinski definition) is 0. The number of furan rings is 1. The van der Waals surface area contributed by atoms with Crippen LogP contribution in [0.2, 0.25) is 0 Å². The van der Waals surface area contributed by atoms with Crippen LogP contribution < -0.4 is 4.90 Å². The zero-order valence-corrected chi connectivity index (χ0v) is 31.8. The molecule has 0 radical (unpaired) electrons. The van der Waals surface area contributed by atoms with Crippen molar-refractivity contribution in [3.8, 4) is 39.1 Å². The van der Waals surface area contributed by atoms with E-state index in [1.165, 1.54) is 0 Å². The van der Waals surface area contributed by atoms with Crippen LogP contribution in [0.5, 0.6) is 0 Å². The maximum absolute atomic E-state index is 9.56. The molecule has 0 saturated heterocycles. The summed E-state index contributed by atoms with van der Waals surface area (Å²) in [5, 5.41) is 4.81. The van der Waals surface area contributed by atoms with E-state index < -0.39 is 142 Å². The number of nitrogens with zero attached hydrogens (tertiary/aromatic N) is 2. The van der Waals surface area contributed by atoms with Crippen molar-refractivity contribution in [2.75, 3.05) is 4.90 Å². The van der Waals surface area contributed by atoms with E-state index in [0.29, 0.717) is 32.7 Å². The fourth-order valence-corrected chi connectivity index (χ4v) is 8.11. The van der Waals surface area contributed by atoms with Crippen molar-refractivity contribution >= 4 is 71.6 Å². The van der Waals surface area contributed by atoms with Gasteiger partial charge in [0.15, 0.2) is 0 Å². The van der Waals surface area contributed by atoms with E-state index in [1.807, 2.05) is 60.7 Å². The van der Waals surface area contributed by atoms with E-state index in [4.69, 9.17) is 23.6 Å². The predicted octanol–water partition coefficient (Wildman–Crippen LogP) is 16.3. The molecule has 0 N–H and O–H groups in total. The van der Waals surface area contributed by atoms with Crippen LogP contribution in [0.15, 0.2) is 235 Å². The smallest absolute Gasteiger partial charge is 0.136 e. The summed E-state index contributed by atoms with van der Waals surface area (Å²) in [6, 6.07) is 24.5. The van der Waals surface area contributed by atoms with Crippen LogP contribution in [0.4, 0.5) is 17.1 Å². The number of benzene rings is 10. The van der Waals surface area contributed by atoms with Crippen LogP contribution >= 0.6 is 0 Å². The molecule has 10 aromatic carbocycles. The molecule has 0 bridgehead atoms. The van der Waals surface area contributed by atoms with Gasteiger partial charge in [0.05, 0.1) is 35.7 Å². The summed E-state index contributed by atoms with van der Waals surface area (Å²) < 4.78 is 168. The highest BCUT2D eigenvalue weighted by Crippen LogP contribution is 2.42. The van der Waals surface area contributed by atoms with Gasteiger partial charge in [-0.05, 0) is 123 Å². The molecule has 0 atom stereocenters. The standard InChI is InChI=1S/C58H38N2O/c1-4-12-39(13-5-1)40-20-22-41(23-21-40)42-24-30-48(31-25-42)59(46-14-6-2-7-15-46)49-32-26-43-29-35-56-58(53(43)38-49)52-34-28-45(37-57(52)61-56)44-27-33-51-50-18-10-11-19-54(50)60(55(51)36-44)47-16-8-3-9-17-47/h1-38H/i1D,2D,4D,5D,6D,7D,12D,13D,14D,15D,20D,21D,22D,23D,24D,25D,30D,31D. The second-order valence-corrected chi connectivity index (χ2v) is 14.4. The van der Waals surface area contributed by atoms with Gasteiger partial charge in [0.25, 0.3) is 0 Å². The van der Waals surface area contributed by atoms with Crippen molar-refractivity contribution in [2.24, 2.45) is 0 Å². The maximum atomic E-state index is 9.56. The van der Waals surface area contributed by atoms with Crippen molar-refractivity contribution < 1.29 is 29.1 Å². The Morgan fingerprint density at radius 2 is 0.967 bits per heavy atom. The third kappa shape index (κ3) is 5.98. The molecule has 3 nitrogen and oxygen atoms in total. The van der Waals surface area contributed by atoms with Gasteiger partial charge < -0.3 is 13.9 Å². The van der Waals surface area contributed by atoms with Gasteiger partial charge in [-0.25, -0.2) is 0 Å². The van der Waals surface area contributed by atoms with Crippen molar-refractivity contribution in [1.82, 2.24) is 4.57 Å². The Bertz CT molecular complexity index is 4550. The second-order valence-electron chi connectivity index (χ2n) is 14.4. The zero-order valence-electron chi connectivity index (χ0n) is 49.8. The number of para-hydroxylation sites is 3. The number of fused-ring (bicyclic) bond motifs is 8. The molecular formula is C58H38N2O. The highest BCUT2D eigenvalue weighted by atomic mass is 16.3. The van der Waals surface area contributed by atoms with Gasteiger partial charge in [-0.3, -0.25) is 0 Å². The van der Waals surface area contributed by atoms with E-state index in [0.717, 1.165) is 43.5 Å². The SMILES string of the molecule is [2H]c1c([2H])c([2H])c(-c2c([2H])c([2H])c(-c3c([2H])c([2H])c(N(c4ccc5ccc6oc7cc(-c8ccc9c%10ccccc%10n(-c%10ccccc%10)c9c8)ccc7c6c5c4)c4c([2H])c([2H])c([2H])c([2H])c4[2H])c([2H])c3[2H])c([2H])c2[2H])c([2H])c1[2H]. The molecule has 2 heterocycles. The molecule has 2 aromatic heterocycles. The summed E-state index contributed by atoms with van der Waals surface area (Å²) in [4.78, 5) is 1.05. The molecule has 12 rings (SSSR count). The molecule has 0 aliphatic carbocycles. The molecule has 61 heavy (non-hydrogen) atoms. The lowest BCUT2D eigenvalue weighted by molar-refractivity contribution is 0.669. The summed E-state index contributed by atoms with van der Waals surface area (Å²) in [5.41, 5.74) is 2.24. The molecular weight excluding hydrogens is 741 g/mol. The van der Waals surface area contributed by atoms with Crippen molar-refractivity contribution in [2.45, 2.75) is 0 Å². The van der Waals surface area contributed by atoms with Gasteiger partial charge in [0.1, 0.15) is 11.2 Å². The first-order valence-corrected chi connectivity index (χ1v) is 19.4. The molecule has 0 unspecified atom stereocenters. The van der Waals surface area contributed by atoms with Crippen LogP contribution in [-0.2, 0) is 0 Å². The van der Waals surface area contributed by atoms with E-state index in [1.54, 1.807) is 18.2 Å². The van der Waals surface area contributed by atoms with E-state index >= 15 is 0 Å². The van der Waals surface area contributed by atoms with E-state index in [-0.39, 0.29) is 5.69 Å². The Morgan fingerprint density at radius 3 is 1.72 bits per heavy atom. The Labute approximate surface area is 378 Å². The second kappa shape index (κ2) is 14.3. The number of anilines is 3. The van der Waals surface area contributed by atoms with Gasteiger partial charge in [-0.15, -0.1) is 0 Å². The summed E-state index contributed by atoms with van der Waals surface area (Å²) >= 11 is 0. The maximum Gasteiger partial charge on any atom is 0.136 e. The van der Waals surface area contributed by atoms with Crippen LogP contribution in [0.1, 0.15) is 24.7 Å². The molecule has 0 saturated carbocycles. The lowest BCUT2D eigenvalue weighted by Gasteiger charge is -2.26. The lowest BCUT2D eigenvalue weighted by Crippen LogP contribution is -2.09. The Kier molecular flexibility index (Phi) is 4.97. The molecule has 0 aliphatic rings. The molecule has 0 spiro atoms. The third-order valence-electron chi connectivity index (χ3n) is 10.9. The Hall–Kier alpha value is -8.14. The van der Waals surface area contributed by atoms with Gasteiger partial charge >= 0.3 is 0 Å². The largest absolute Gasteiger partial charge is 0.456 e. The van der Waals surface area contributed by atoms with Crippen molar-refractivity contribution in [3.63, 3.8) is 0 Å². The van der Waals surface area contributed by atoms with Crippen molar-refractivity contribution in [3.05, 3.63) is 230 Å². The predicted molar refractivity (Wildman–Crippen MR) is 257 cm³/mol. The summed E-state index contributed by atoms with van der Waals surface area (Å²) in [5.74, 6) is 0. The molecule has 0 amide bonds. The van der Waals surface area contributed by atoms with Gasteiger partial charge in [-0.1, -0.05) is 151 Å². The monoisotopic (exact) mass is 796 g/mol. The quantitative estimate of drug-likeness (QED) is 0.160. The van der Waals surface area contributed by atoms with Crippen LogP contribution in [-0.4, -0.2) is 4.57 Å². The highest BCUT2D eigenvalue weighted by Gasteiger charge is 2.18. The van der Waals surface area contributed by atoms with Crippen LogP contribution in [0.3, 0.4) is 0 Å². The molecule has 12 aromatic rings. The summed E-state index contributed by atoms with van der Waals surface area (Å²) in [7, 11) is 0. The molecule has 3 heteroatoms. The molecule has 0 fully saturated rings. The third-order valence-corrected chi connectivity index (χ3v) is 10.9. The number of hydrogen-bond acceptors (Lipinski definition) is 2. The highest BCUT2D eigenvalue weighted by molar-refractivity contribution is 6.20. The normalized spacial score (nSPS) is 15.7. The molecule has 286 valence electrons. The minimum atomic E-state index is -0.898. The van der Waals surface area contributed by atoms with Crippen LogP contribution in [0.25, 0.3) is 93.6 Å². The molecule has 0 aliphatic heterocycles. The van der Waals surface area contributed by atoms with Gasteiger partial charge in [0.2, 0.25) is 0 Å². The summed E-state index contributed by atoms with van der Waals surface area (Å²) in [6.07, 6.45) is 0. The van der Waals surface area contributed by atoms with Gasteiger partial charge in [0, 0.05) is 44.3 Å². The Balaban J connectivity index is 1.04. The topological polar surface area (TPSA) is 21.3 Å². The minimum Gasteiger partial charge on any atom is -0.456 e. The minimum absolute atomic E-state index is 0.0485. The van der Waals surface area contributed by atoms with Gasteiger partial charge in [-0.2, -0.15) is 0 Å².